The molecule has 17 heavy (non-hydrogen) atoms. The molecule has 1 aromatic carbocycles. The van der Waals surface area contributed by atoms with E-state index >= 15 is 0 Å². The minimum atomic E-state index is -0.452. The lowest BCUT2D eigenvalue weighted by molar-refractivity contribution is 0.252. The molecule has 0 saturated carbocycles. The number of thiophene rings is 1. The van der Waals surface area contributed by atoms with Gasteiger partial charge in [-0.15, -0.1) is 11.3 Å². The Bertz CT molecular complexity index is 513. The van der Waals surface area contributed by atoms with Gasteiger partial charge in [-0.05, 0) is 28.1 Å². The van der Waals surface area contributed by atoms with Gasteiger partial charge in [0, 0.05) is 20.3 Å². The molecule has 0 aliphatic heterocycles. The number of ether oxygens (including phenoxy) is 1. The topological polar surface area (TPSA) is 29.5 Å². The van der Waals surface area contributed by atoms with Crippen LogP contribution in [0.3, 0.4) is 0 Å². The highest BCUT2D eigenvalue weighted by Gasteiger charge is 2.09. The lowest BCUT2D eigenvalue weighted by atomic mass is 10.2. The lowest BCUT2D eigenvalue weighted by Crippen LogP contribution is -1.99. The van der Waals surface area contributed by atoms with Crippen LogP contribution in [0.15, 0.2) is 34.1 Å². The fourth-order valence-electron chi connectivity index (χ4n) is 1.41. The second-order valence-corrected chi connectivity index (χ2v) is 5.32. The molecule has 90 valence electrons. The third-order valence-corrected chi connectivity index (χ3v) is 3.87. The molecule has 2 rings (SSSR count). The first-order valence-electron chi connectivity index (χ1n) is 4.94. The molecule has 0 fully saturated rings. The van der Waals surface area contributed by atoms with Gasteiger partial charge in [-0.1, -0.05) is 12.1 Å². The van der Waals surface area contributed by atoms with Gasteiger partial charge in [-0.2, -0.15) is 0 Å². The minimum Gasteiger partial charge on any atom is -0.485 e. The van der Waals surface area contributed by atoms with E-state index in [1.165, 1.54) is 17.4 Å². The van der Waals surface area contributed by atoms with Crippen molar-refractivity contribution in [1.82, 2.24) is 0 Å². The molecule has 0 amide bonds. The fourth-order valence-corrected chi connectivity index (χ4v) is 2.77. The van der Waals surface area contributed by atoms with Crippen LogP contribution < -0.4 is 4.74 Å². The first-order chi connectivity index (χ1) is 8.20. The summed E-state index contributed by atoms with van der Waals surface area (Å²) in [7, 11) is 0. The molecule has 0 aliphatic carbocycles. The maximum absolute atomic E-state index is 13.5. The third kappa shape index (κ3) is 3.06. The second kappa shape index (κ2) is 5.62. The standard InChI is InChI=1S/C12H10BrFO2S/c13-9-4-10(17-7-9)6-16-12-8(5-15)2-1-3-11(12)14/h1-4,7,15H,5-6H2. The van der Waals surface area contributed by atoms with Crippen LogP contribution >= 0.6 is 27.3 Å². The summed E-state index contributed by atoms with van der Waals surface area (Å²) in [5, 5.41) is 11.0. The number of para-hydroxylation sites is 1. The highest BCUT2D eigenvalue weighted by Crippen LogP contribution is 2.26. The SMILES string of the molecule is OCc1cccc(F)c1OCc1cc(Br)cs1. The van der Waals surface area contributed by atoms with Crippen molar-refractivity contribution in [2.45, 2.75) is 13.2 Å². The number of rotatable bonds is 4. The van der Waals surface area contributed by atoms with E-state index in [1.807, 2.05) is 11.4 Å². The first-order valence-corrected chi connectivity index (χ1v) is 6.62. The molecule has 0 aliphatic rings. The van der Waals surface area contributed by atoms with E-state index in [9.17, 15) is 4.39 Å². The summed E-state index contributed by atoms with van der Waals surface area (Å²) in [6.45, 7) is 0.0609. The highest BCUT2D eigenvalue weighted by molar-refractivity contribution is 9.10. The van der Waals surface area contributed by atoms with Gasteiger partial charge in [0.05, 0.1) is 6.61 Å². The van der Waals surface area contributed by atoms with Crippen molar-refractivity contribution in [2.75, 3.05) is 0 Å². The Morgan fingerprint density at radius 3 is 2.88 bits per heavy atom. The maximum Gasteiger partial charge on any atom is 0.165 e. The Hall–Kier alpha value is -0.910. The summed E-state index contributed by atoms with van der Waals surface area (Å²) in [6.07, 6.45) is 0. The molecule has 1 heterocycles. The van der Waals surface area contributed by atoms with Crippen molar-refractivity contribution < 1.29 is 14.2 Å². The van der Waals surface area contributed by atoms with E-state index in [4.69, 9.17) is 9.84 Å². The summed E-state index contributed by atoms with van der Waals surface area (Å²) < 4.78 is 19.9. The van der Waals surface area contributed by atoms with E-state index in [-0.39, 0.29) is 12.4 Å². The van der Waals surface area contributed by atoms with Crippen molar-refractivity contribution in [2.24, 2.45) is 0 Å². The molecule has 0 spiro atoms. The number of aliphatic hydroxyl groups excluding tert-OH is 1. The zero-order chi connectivity index (χ0) is 12.3. The quantitative estimate of drug-likeness (QED) is 0.931. The summed E-state index contributed by atoms with van der Waals surface area (Å²) >= 11 is 4.87. The predicted octanol–water partition coefficient (Wildman–Crippen LogP) is 3.72. The summed E-state index contributed by atoms with van der Waals surface area (Å²) in [6, 6.07) is 6.43. The Kier molecular flexibility index (Phi) is 4.15. The van der Waals surface area contributed by atoms with E-state index in [1.54, 1.807) is 12.1 Å². The van der Waals surface area contributed by atoms with E-state index < -0.39 is 5.82 Å². The number of aliphatic hydroxyl groups is 1. The Labute approximate surface area is 111 Å². The molecule has 0 unspecified atom stereocenters. The number of hydrogen-bond acceptors (Lipinski definition) is 3. The normalized spacial score (nSPS) is 10.5. The van der Waals surface area contributed by atoms with Crippen LogP contribution in [-0.2, 0) is 13.2 Å². The van der Waals surface area contributed by atoms with E-state index in [0.717, 1.165) is 9.35 Å². The van der Waals surface area contributed by atoms with Gasteiger partial charge in [0.2, 0.25) is 0 Å². The fraction of sp³-hybridized carbons (Fsp3) is 0.167. The molecule has 2 nitrogen and oxygen atoms in total. The van der Waals surface area contributed by atoms with Crippen LogP contribution in [0.25, 0.3) is 0 Å². The second-order valence-electron chi connectivity index (χ2n) is 3.41. The largest absolute Gasteiger partial charge is 0.485 e. The molecule has 0 radical (unpaired) electrons. The van der Waals surface area contributed by atoms with Crippen LogP contribution in [0.2, 0.25) is 0 Å². The van der Waals surface area contributed by atoms with Crippen LogP contribution in [0, 0.1) is 5.82 Å². The zero-order valence-corrected chi connectivity index (χ0v) is 11.2. The van der Waals surface area contributed by atoms with Crippen molar-refractivity contribution in [3.05, 3.63) is 50.4 Å². The van der Waals surface area contributed by atoms with Crippen molar-refractivity contribution in [3.63, 3.8) is 0 Å². The van der Waals surface area contributed by atoms with Gasteiger partial charge in [0.25, 0.3) is 0 Å². The Morgan fingerprint density at radius 2 is 2.24 bits per heavy atom. The van der Waals surface area contributed by atoms with Gasteiger partial charge in [-0.25, -0.2) is 4.39 Å². The van der Waals surface area contributed by atoms with Gasteiger partial charge < -0.3 is 9.84 Å². The molecular weight excluding hydrogens is 307 g/mol. The molecule has 0 atom stereocenters. The molecule has 0 bridgehead atoms. The van der Waals surface area contributed by atoms with Crippen LogP contribution in [0.4, 0.5) is 4.39 Å². The first kappa shape index (κ1) is 12.5. The lowest BCUT2D eigenvalue weighted by Gasteiger charge is -2.09. The number of halogens is 2. The third-order valence-electron chi connectivity index (χ3n) is 2.20. The average Bonchev–Trinajstić information content (AvgIpc) is 2.73. The molecule has 2 aromatic rings. The molecule has 0 saturated heterocycles. The van der Waals surface area contributed by atoms with Crippen molar-refractivity contribution >= 4 is 27.3 Å². The molecule has 1 aromatic heterocycles. The maximum atomic E-state index is 13.5. The summed E-state index contributed by atoms with van der Waals surface area (Å²) in [4.78, 5) is 0.990. The molecule has 1 N–H and O–H groups in total. The van der Waals surface area contributed by atoms with Crippen LogP contribution in [0.1, 0.15) is 10.4 Å². The van der Waals surface area contributed by atoms with Crippen molar-refractivity contribution in [3.8, 4) is 5.75 Å². The van der Waals surface area contributed by atoms with Crippen molar-refractivity contribution in [1.29, 1.82) is 0 Å². The monoisotopic (exact) mass is 316 g/mol. The highest BCUT2D eigenvalue weighted by atomic mass is 79.9. The molecular formula is C12H10BrFO2S. The van der Waals surface area contributed by atoms with Gasteiger partial charge in [0.15, 0.2) is 11.6 Å². The average molecular weight is 317 g/mol. The zero-order valence-electron chi connectivity index (χ0n) is 8.82. The van der Waals surface area contributed by atoms with Crippen LogP contribution in [-0.4, -0.2) is 5.11 Å². The summed E-state index contributed by atoms with van der Waals surface area (Å²) in [5.41, 5.74) is 0.459. The number of benzene rings is 1. The Morgan fingerprint density at radius 1 is 1.41 bits per heavy atom. The molecule has 5 heteroatoms. The van der Waals surface area contributed by atoms with Gasteiger partial charge in [-0.3, -0.25) is 0 Å². The summed E-state index contributed by atoms with van der Waals surface area (Å²) in [5.74, 6) is -0.327. The van der Waals surface area contributed by atoms with E-state index in [2.05, 4.69) is 15.9 Å². The number of hydrogen-bond donors (Lipinski definition) is 1. The minimum absolute atomic E-state index is 0.125. The van der Waals surface area contributed by atoms with Crippen LogP contribution in [0.5, 0.6) is 5.75 Å². The predicted molar refractivity (Wildman–Crippen MR) is 68.7 cm³/mol. The Balaban J connectivity index is 2.13. The van der Waals surface area contributed by atoms with E-state index in [0.29, 0.717) is 12.2 Å². The van der Waals surface area contributed by atoms with Gasteiger partial charge >= 0.3 is 0 Å². The van der Waals surface area contributed by atoms with Gasteiger partial charge in [0.1, 0.15) is 6.61 Å². The smallest absolute Gasteiger partial charge is 0.165 e.